The van der Waals surface area contributed by atoms with Gasteiger partial charge in [0.2, 0.25) is 0 Å². The van der Waals surface area contributed by atoms with E-state index in [1.807, 2.05) is 45.0 Å². The van der Waals surface area contributed by atoms with Gasteiger partial charge in [-0.15, -0.1) is 0 Å². The molecule has 23 heavy (non-hydrogen) atoms. The fourth-order valence-electron chi connectivity index (χ4n) is 2.42. The maximum absolute atomic E-state index is 12.6. The molecule has 2 heterocycles. The van der Waals surface area contributed by atoms with Gasteiger partial charge in [0.25, 0.3) is 0 Å². The molecule has 3 rings (SSSR count). The minimum Gasteiger partial charge on any atom is -0.493 e. The van der Waals surface area contributed by atoms with Crippen molar-refractivity contribution in [2.45, 2.75) is 31.7 Å². The second-order valence-electron chi connectivity index (χ2n) is 5.37. The van der Waals surface area contributed by atoms with E-state index in [9.17, 15) is 4.21 Å². The van der Waals surface area contributed by atoms with Crippen LogP contribution in [0.25, 0.3) is 11.0 Å². The van der Waals surface area contributed by atoms with Crippen LogP contribution < -0.4 is 4.74 Å². The zero-order valence-electron chi connectivity index (χ0n) is 13.4. The van der Waals surface area contributed by atoms with Crippen molar-refractivity contribution in [3.8, 4) is 5.75 Å². The SMILES string of the molecule is CCOc1ccnc(CS(=O)c2nc3ccc(C)cc3[nH]2)c1C. The Morgan fingerprint density at radius 1 is 1.26 bits per heavy atom. The highest BCUT2D eigenvalue weighted by molar-refractivity contribution is 7.84. The van der Waals surface area contributed by atoms with Crippen molar-refractivity contribution in [2.75, 3.05) is 6.61 Å². The van der Waals surface area contributed by atoms with Crippen LogP contribution in [0.4, 0.5) is 0 Å². The Hall–Kier alpha value is -2.21. The summed E-state index contributed by atoms with van der Waals surface area (Å²) in [5.41, 5.74) is 4.56. The first-order chi connectivity index (χ1) is 11.1. The molecule has 0 radical (unpaired) electrons. The Balaban J connectivity index is 1.87. The van der Waals surface area contributed by atoms with Gasteiger partial charge in [-0.2, -0.15) is 0 Å². The molecule has 0 fully saturated rings. The highest BCUT2D eigenvalue weighted by atomic mass is 32.2. The minimum atomic E-state index is -1.28. The summed E-state index contributed by atoms with van der Waals surface area (Å²) in [5.74, 6) is 1.10. The molecule has 0 bridgehead atoms. The molecule has 1 unspecified atom stereocenters. The zero-order chi connectivity index (χ0) is 16.4. The quantitative estimate of drug-likeness (QED) is 0.780. The second kappa shape index (κ2) is 6.50. The van der Waals surface area contributed by atoms with E-state index in [2.05, 4.69) is 15.0 Å². The van der Waals surface area contributed by atoms with Gasteiger partial charge in [0, 0.05) is 11.8 Å². The molecule has 0 saturated carbocycles. The smallest absolute Gasteiger partial charge is 0.197 e. The molecule has 1 N–H and O–H groups in total. The fourth-order valence-corrected chi connectivity index (χ4v) is 3.52. The van der Waals surface area contributed by atoms with Gasteiger partial charge in [0.15, 0.2) is 5.16 Å². The molecule has 0 spiro atoms. The number of aromatic nitrogens is 3. The number of aryl methyl sites for hydroxylation is 1. The molecular weight excluding hydrogens is 310 g/mol. The van der Waals surface area contributed by atoms with Crippen LogP contribution in [0.5, 0.6) is 5.75 Å². The van der Waals surface area contributed by atoms with Crippen LogP contribution in [0.15, 0.2) is 35.6 Å². The Kier molecular flexibility index (Phi) is 4.43. The van der Waals surface area contributed by atoms with Crippen LogP contribution in [0.2, 0.25) is 0 Å². The lowest BCUT2D eigenvalue weighted by Gasteiger charge is -2.09. The maximum atomic E-state index is 12.6. The van der Waals surface area contributed by atoms with E-state index in [4.69, 9.17) is 4.74 Å². The molecule has 0 aliphatic rings. The van der Waals surface area contributed by atoms with Gasteiger partial charge < -0.3 is 9.72 Å². The third kappa shape index (κ3) is 3.27. The van der Waals surface area contributed by atoms with Crippen molar-refractivity contribution in [2.24, 2.45) is 0 Å². The van der Waals surface area contributed by atoms with Crippen LogP contribution in [-0.2, 0) is 16.6 Å². The summed E-state index contributed by atoms with van der Waals surface area (Å²) in [7, 11) is -1.28. The first-order valence-corrected chi connectivity index (χ1v) is 8.82. The number of aromatic amines is 1. The Morgan fingerprint density at radius 2 is 2.09 bits per heavy atom. The van der Waals surface area contributed by atoms with Crippen molar-refractivity contribution in [1.82, 2.24) is 15.0 Å². The summed E-state index contributed by atoms with van der Waals surface area (Å²) in [4.78, 5) is 11.9. The van der Waals surface area contributed by atoms with E-state index in [-0.39, 0.29) is 0 Å². The highest BCUT2D eigenvalue weighted by Gasteiger charge is 2.14. The van der Waals surface area contributed by atoms with Crippen molar-refractivity contribution >= 4 is 21.8 Å². The molecule has 120 valence electrons. The first-order valence-electron chi connectivity index (χ1n) is 7.50. The molecule has 0 saturated heterocycles. The Labute approximate surface area is 137 Å². The van der Waals surface area contributed by atoms with E-state index < -0.39 is 10.8 Å². The van der Waals surface area contributed by atoms with Crippen LogP contribution >= 0.6 is 0 Å². The molecule has 0 amide bonds. The lowest BCUT2D eigenvalue weighted by atomic mass is 10.2. The average Bonchev–Trinajstić information content (AvgIpc) is 2.94. The predicted molar refractivity (Wildman–Crippen MR) is 91.1 cm³/mol. The summed E-state index contributed by atoms with van der Waals surface area (Å²) in [5, 5.41) is 0.480. The molecule has 5 nitrogen and oxygen atoms in total. The van der Waals surface area contributed by atoms with E-state index in [0.717, 1.165) is 33.6 Å². The van der Waals surface area contributed by atoms with Gasteiger partial charge in [-0.25, -0.2) is 4.98 Å². The fraction of sp³-hybridized carbons (Fsp3) is 0.294. The molecule has 0 aliphatic carbocycles. The number of hydrogen-bond donors (Lipinski definition) is 1. The largest absolute Gasteiger partial charge is 0.493 e. The molecule has 1 aromatic carbocycles. The summed E-state index contributed by atoms with van der Waals surface area (Å²) < 4.78 is 18.2. The Morgan fingerprint density at radius 3 is 2.87 bits per heavy atom. The van der Waals surface area contributed by atoms with E-state index in [0.29, 0.717) is 17.5 Å². The number of rotatable bonds is 5. The number of fused-ring (bicyclic) bond motifs is 1. The van der Waals surface area contributed by atoms with E-state index >= 15 is 0 Å². The maximum Gasteiger partial charge on any atom is 0.197 e. The molecule has 0 aliphatic heterocycles. The summed E-state index contributed by atoms with van der Waals surface area (Å²) >= 11 is 0. The highest BCUT2D eigenvalue weighted by Crippen LogP contribution is 2.22. The number of hydrogen-bond acceptors (Lipinski definition) is 4. The van der Waals surface area contributed by atoms with Crippen molar-refractivity contribution < 1.29 is 8.95 Å². The number of ether oxygens (including phenoxy) is 1. The predicted octanol–water partition coefficient (Wildman–Crippen LogP) is 3.28. The van der Waals surface area contributed by atoms with Gasteiger partial charge in [-0.3, -0.25) is 9.19 Å². The molecule has 1 atom stereocenters. The van der Waals surface area contributed by atoms with Gasteiger partial charge in [0.05, 0.1) is 39.9 Å². The molecule has 6 heteroatoms. The number of benzene rings is 1. The molecule has 3 aromatic rings. The summed E-state index contributed by atoms with van der Waals surface area (Å²) in [6, 6.07) is 7.76. The topological polar surface area (TPSA) is 67.9 Å². The average molecular weight is 329 g/mol. The van der Waals surface area contributed by atoms with Gasteiger partial charge >= 0.3 is 0 Å². The molecule has 2 aromatic heterocycles. The van der Waals surface area contributed by atoms with Crippen molar-refractivity contribution in [1.29, 1.82) is 0 Å². The number of nitrogens with one attached hydrogen (secondary N) is 1. The lowest BCUT2D eigenvalue weighted by Crippen LogP contribution is -2.04. The van der Waals surface area contributed by atoms with Gasteiger partial charge in [0.1, 0.15) is 5.75 Å². The van der Waals surface area contributed by atoms with Crippen molar-refractivity contribution in [3.63, 3.8) is 0 Å². The molecular formula is C17H19N3O2S. The van der Waals surface area contributed by atoms with Crippen LogP contribution in [0.1, 0.15) is 23.7 Å². The standard InChI is InChI=1S/C17H19N3O2S/c1-4-22-16-7-8-18-15(12(16)3)10-23(21)17-19-13-6-5-11(2)9-14(13)20-17/h5-9H,4,10H2,1-3H3,(H,19,20). The second-order valence-corrected chi connectivity index (χ2v) is 6.73. The number of nitrogens with zero attached hydrogens (tertiary/aromatic N) is 2. The van der Waals surface area contributed by atoms with Gasteiger partial charge in [-0.1, -0.05) is 6.07 Å². The number of imidazole rings is 1. The number of H-pyrrole nitrogens is 1. The normalized spacial score (nSPS) is 12.5. The van der Waals surface area contributed by atoms with Gasteiger partial charge in [-0.05, 0) is 44.5 Å². The monoisotopic (exact) mass is 329 g/mol. The van der Waals surface area contributed by atoms with Crippen LogP contribution in [0, 0.1) is 13.8 Å². The third-order valence-corrected chi connectivity index (χ3v) is 4.82. The minimum absolute atomic E-state index is 0.311. The zero-order valence-corrected chi connectivity index (χ0v) is 14.2. The first kappa shape index (κ1) is 15.7. The lowest BCUT2D eigenvalue weighted by molar-refractivity contribution is 0.337. The van der Waals surface area contributed by atoms with Crippen LogP contribution in [0.3, 0.4) is 0 Å². The van der Waals surface area contributed by atoms with E-state index in [1.165, 1.54) is 0 Å². The summed E-state index contributed by atoms with van der Waals surface area (Å²) in [6.07, 6.45) is 1.69. The van der Waals surface area contributed by atoms with Crippen molar-refractivity contribution in [3.05, 3.63) is 47.3 Å². The number of pyridine rings is 1. The van der Waals surface area contributed by atoms with E-state index in [1.54, 1.807) is 6.20 Å². The summed E-state index contributed by atoms with van der Waals surface area (Å²) in [6.45, 7) is 6.49. The Bertz CT molecular complexity index is 873. The van der Waals surface area contributed by atoms with Crippen LogP contribution in [-0.4, -0.2) is 25.8 Å². The third-order valence-electron chi connectivity index (χ3n) is 3.66.